The molecule has 0 aliphatic carbocycles. The van der Waals surface area contributed by atoms with Gasteiger partial charge < -0.3 is 14.4 Å². The average molecular weight is 351 g/mol. The molecule has 1 aromatic carbocycles. The summed E-state index contributed by atoms with van der Waals surface area (Å²) in [6, 6.07) is 3.60. The van der Waals surface area contributed by atoms with Gasteiger partial charge in [0.2, 0.25) is 6.79 Å². The van der Waals surface area contributed by atoms with Gasteiger partial charge in [0.25, 0.3) is 5.91 Å². The van der Waals surface area contributed by atoms with Crippen LogP contribution < -0.4 is 9.47 Å². The lowest BCUT2D eigenvalue weighted by Gasteiger charge is -2.27. The Balaban J connectivity index is 1.56. The smallest absolute Gasteiger partial charge is 0.286 e. The number of nitrogens with zero attached hydrogens (tertiary/aromatic N) is 2. The third-order valence-corrected chi connectivity index (χ3v) is 5.31. The predicted octanol–water partition coefficient (Wildman–Crippen LogP) is 3.52. The zero-order valence-electron chi connectivity index (χ0n) is 12.4. The summed E-state index contributed by atoms with van der Waals surface area (Å²) in [7, 11) is 0. The van der Waals surface area contributed by atoms with E-state index in [0.717, 1.165) is 36.7 Å². The van der Waals surface area contributed by atoms with Crippen LogP contribution in [-0.2, 0) is 4.79 Å². The second-order valence-electron chi connectivity index (χ2n) is 5.59. The fraction of sp³-hybridized carbons (Fsp3) is 0.375. The Labute approximate surface area is 143 Å². The molecule has 0 bridgehead atoms. The van der Waals surface area contributed by atoms with Gasteiger partial charge in [-0.3, -0.25) is 4.79 Å². The fourth-order valence-corrected chi connectivity index (χ4v) is 4.08. The van der Waals surface area contributed by atoms with Crippen molar-refractivity contribution in [2.45, 2.75) is 19.3 Å². The molecule has 4 rings (SSSR count). The number of amidine groups is 1. The number of amides is 1. The lowest BCUT2D eigenvalue weighted by Crippen LogP contribution is -2.33. The largest absolute Gasteiger partial charge is 0.454 e. The maximum atomic E-state index is 12.2. The van der Waals surface area contributed by atoms with Crippen LogP contribution in [0.4, 0.5) is 0 Å². The Hall–Kier alpha value is -1.66. The molecule has 1 amide bonds. The summed E-state index contributed by atoms with van der Waals surface area (Å²) in [5.74, 6) is 0.978. The van der Waals surface area contributed by atoms with Crippen molar-refractivity contribution in [1.82, 2.24) is 4.90 Å². The van der Waals surface area contributed by atoms with E-state index in [1.54, 1.807) is 12.1 Å². The number of hydrogen-bond acceptors (Lipinski definition) is 5. The second-order valence-corrected chi connectivity index (χ2v) is 7.01. The normalized spacial score (nSPS) is 22.0. The summed E-state index contributed by atoms with van der Waals surface area (Å²) < 4.78 is 10.7. The molecule has 3 aliphatic rings. The molecule has 1 fully saturated rings. The molecule has 1 saturated heterocycles. The van der Waals surface area contributed by atoms with E-state index in [-0.39, 0.29) is 12.7 Å². The number of likely N-dealkylation sites (tertiary alicyclic amines) is 1. The number of rotatable bonds is 1. The van der Waals surface area contributed by atoms with Gasteiger partial charge in [0.1, 0.15) is 0 Å². The highest BCUT2D eigenvalue weighted by Crippen LogP contribution is 2.41. The SMILES string of the molecule is O=C1N=C(N2CCCCC2)S/C1=C\c1cc(Cl)c2c(c1)OCO2. The zero-order valence-corrected chi connectivity index (χ0v) is 14.0. The van der Waals surface area contributed by atoms with Gasteiger partial charge in [0.15, 0.2) is 16.7 Å². The van der Waals surface area contributed by atoms with Crippen LogP contribution in [0.1, 0.15) is 24.8 Å². The van der Waals surface area contributed by atoms with E-state index in [9.17, 15) is 4.79 Å². The molecule has 7 heteroatoms. The van der Waals surface area contributed by atoms with Crippen molar-refractivity contribution in [2.24, 2.45) is 4.99 Å². The van der Waals surface area contributed by atoms with Crippen molar-refractivity contribution in [3.8, 4) is 11.5 Å². The monoisotopic (exact) mass is 350 g/mol. The molecule has 0 saturated carbocycles. The van der Waals surface area contributed by atoms with Crippen LogP contribution in [0, 0.1) is 0 Å². The van der Waals surface area contributed by atoms with Crippen LogP contribution in [0.5, 0.6) is 11.5 Å². The number of piperidine rings is 1. The second kappa shape index (κ2) is 6.09. The Bertz CT molecular complexity index is 726. The minimum Gasteiger partial charge on any atom is -0.454 e. The highest BCUT2D eigenvalue weighted by molar-refractivity contribution is 8.18. The molecule has 3 heterocycles. The van der Waals surface area contributed by atoms with Crippen molar-refractivity contribution in [2.75, 3.05) is 19.9 Å². The van der Waals surface area contributed by atoms with Crippen LogP contribution in [0.25, 0.3) is 6.08 Å². The minimum absolute atomic E-state index is 0.172. The molecule has 0 radical (unpaired) electrons. The summed E-state index contributed by atoms with van der Waals surface area (Å²) in [6.45, 7) is 2.12. The van der Waals surface area contributed by atoms with Gasteiger partial charge in [-0.15, -0.1) is 0 Å². The van der Waals surface area contributed by atoms with Crippen molar-refractivity contribution in [3.63, 3.8) is 0 Å². The van der Waals surface area contributed by atoms with Crippen LogP contribution in [0.3, 0.4) is 0 Å². The molecule has 1 aromatic rings. The maximum Gasteiger partial charge on any atom is 0.286 e. The third kappa shape index (κ3) is 2.93. The van der Waals surface area contributed by atoms with Crippen LogP contribution in [0.2, 0.25) is 5.02 Å². The van der Waals surface area contributed by atoms with E-state index in [4.69, 9.17) is 21.1 Å². The van der Waals surface area contributed by atoms with Crippen LogP contribution in [0.15, 0.2) is 22.0 Å². The molecule has 3 aliphatic heterocycles. The third-order valence-electron chi connectivity index (χ3n) is 3.98. The van der Waals surface area contributed by atoms with Crippen molar-refractivity contribution >= 4 is 40.5 Å². The number of thioether (sulfide) groups is 1. The molecule has 0 unspecified atom stereocenters. The van der Waals surface area contributed by atoms with Crippen molar-refractivity contribution in [3.05, 3.63) is 27.6 Å². The zero-order chi connectivity index (χ0) is 15.8. The average Bonchev–Trinajstić information content (AvgIpc) is 3.16. The van der Waals surface area contributed by atoms with Gasteiger partial charge >= 0.3 is 0 Å². The topological polar surface area (TPSA) is 51.1 Å². The van der Waals surface area contributed by atoms with Gasteiger partial charge in [-0.1, -0.05) is 11.6 Å². The highest BCUT2D eigenvalue weighted by Gasteiger charge is 2.27. The highest BCUT2D eigenvalue weighted by atomic mass is 35.5. The first kappa shape index (κ1) is 14.9. The standard InChI is InChI=1S/C16H15ClN2O3S/c17-11-6-10(7-12-14(11)22-9-21-12)8-13-15(20)18-16(23-13)19-4-2-1-3-5-19/h6-8H,1-5,9H2/b13-8-. The van der Waals surface area contributed by atoms with Crippen LogP contribution in [-0.4, -0.2) is 35.9 Å². The number of carbonyl (C=O) groups excluding carboxylic acids is 1. The Kier molecular flexibility index (Phi) is 3.95. The minimum atomic E-state index is -0.190. The van der Waals surface area contributed by atoms with Gasteiger partial charge in [0, 0.05) is 13.1 Å². The number of ether oxygens (including phenoxy) is 2. The molecule has 23 heavy (non-hydrogen) atoms. The quantitative estimate of drug-likeness (QED) is 0.725. The summed E-state index contributed by atoms with van der Waals surface area (Å²) in [5, 5.41) is 1.30. The first-order chi connectivity index (χ1) is 11.2. The maximum absolute atomic E-state index is 12.2. The van der Waals surface area contributed by atoms with E-state index in [1.807, 2.05) is 6.07 Å². The number of benzene rings is 1. The Morgan fingerprint density at radius 1 is 1.22 bits per heavy atom. The Morgan fingerprint density at radius 3 is 2.87 bits per heavy atom. The van der Waals surface area contributed by atoms with E-state index in [2.05, 4.69) is 9.89 Å². The summed E-state index contributed by atoms with van der Waals surface area (Å²) in [6.07, 6.45) is 5.37. The molecule has 0 spiro atoms. The molecule has 5 nitrogen and oxygen atoms in total. The number of fused-ring (bicyclic) bond motifs is 1. The number of hydrogen-bond donors (Lipinski definition) is 0. The predicted molar refractivity (Wildman–Crippen MR) is 91.0 cm³/mol. The number of aliphatic imine (C=N–C) groups is 1. The van der Waals surface area contributed by atoms with E-state index in [0.29, 0.717) is 21.4 Å². The van der Waals surface area contributed by atoms with Gasteiger partial charge in [-0.2, -0.15) is 4.99 Å². The lowest BCUT2D eigenvalue weighted by molar-refractivity contribution is -0.113. The van der Waals surface area contributed by atoms with Gasteiger partial charge in [0.05, 0.1) is 9.93 Å². The van der Waals surface area contributed by atoms with E-state index >= 15 is 0 Å². The molecule has 0 N–H and O–H groups in total. The Morgan fingerprint density at radius 2 is 2.04 bits per heavy atom. The van der Waals surface area contributed by atoms with Gasteiger partial charge in [-0.05, 0) is 54.8 Å². The molecule has 120 valence electrons. The molecular weight excluding hydrogens is 336 g/mol. The molecular formula is C16H15ClN2O3S. The van der Waals surface area contributed by atoms with Crippen molar-refractivity contribution < 1.29 is 14.3 Å². The summed E-state index contributed by atoms with van der Waals surface area (Å²) in [4.78, 5) is 19.2. The molecule has 0 aromatic heterocycles. The van der Waals surface area contributed by atoms with Gasteiger partial charge in [-0.25, -0.2) is 0 Å². The lowest BCUT2D eigenvalue weighted by atomic mass is 10.1. The van der Waals surface area contributed by atoms with E-state index < -0.39 is 0 Å². The molecule has 0 atom stereocenters. The van der Waals surface area contributed by atoms with Crippen molar-refractivity contribution in [1.29, 1.82) is 0 Å². The fourth-order valence-electron chi connectivity index (χ4n) is 2.84. The summed E-state index contributed by atoms with van der Waals surface area (Å²) >= 11 is 7.62. The number of carbonyl (C=O) groups is 1. The summed E-state index contributed by atoms with van der Waals surface area (Å²) in [5.41, 5.74) is 0.810. The van der Waals surface area contributed by atoms with E-state index in [1.165, 1.54) is 18.2 Å². The van der Waals surface area contributed by atoms with Crippen LogP contribution >= 0.6 is 23.4 Å². The first-order valence-electron chi connectivity index (χ1n) is 7.57. The number of halogens is 1. The first-order valence-corrected chi connectivity index (χ1v) is 8.77.